The zero-order chi connectivity index (χ0) is 17.8. The fourth-order valence-corrected chi connectivity index (χ4v) is 1.95. The van der Waals surface area contributed by atoms with E-state index in [1.807, 2.05) is 30.3 Å². The molecule has 0 bridgehead atoms. The summed E-state index contributed by atoms with van der Waals surface area (Å²) in [5.41, 5.74) is 11.5. The van der Waals surface area contributed by atoms with Crippen molar-refractivity contribution in [1.29, 1.82) is 0 Å². The van der Waals surface area contributed by atoms with E-state index in [0.717, 1.165) is 12.0 Å². The van der Waals surface area contributed by atoms with Crippen LogP contribution in [0.1, 0.15) is 24.8 Å². The lowest BCUT2D eigenvalue weighted by atomic mass is 10.1. The highest BCUT2D eigenvalue weighted by atomic mass is 16.5. The molecule has 0 aromatic heterocycles. The van der Waals surface area contributed by atoms with Crippen molar-refractivity contribution < 1.29 is 19.1 Å². The Morgan fingerprint density at radius 2 is 1.83 bits per heavy atom. The molecule has 24 heavy (non-hydrogen) atoms. The second-order valence-corrected chi connectivity index (χ2v) is 5.22. The van der Waals surface area contributed by atoms with Crippen molar-refractivity contribution >= 4 is 17.9 Å². The van der Waals surface area contributed by atoms with Crippen LogP contribution in [0.4, 0.5) is 4.79 Å². The van der Waals surface area contributed by atoms with Crippen molar-refractivity contribution in [3.8, 4) is 0 Å². The number of primary amides is 1. The molecule has 8 heteroatoms. The van der Waals surface area contributed by atoms with E-state index >= 15 is 0 Å². The number of alkyl carbamates (subject to hydrolysis) is 1. The van der Waals surface area contributed by atoms with Crippen LogP contribution < -0.4 is 22.1 Å². The predicted octanol–water partition coefficient (Wildman–Crippen LogP) is 0.0119. The number of hydrogen-bond acceptors (Lipinski definition) is 5. The Bertz CT molecular complexity index is 536. The molecule has 0 aliphatic rings. The van der Waals surface area contributed by atoms with E-state index in [2.05, 4.69) is 10.6 Å². The lowest BCUT2D eigenvalue weighted by Crippen LogP contribution is -2.48. The van der Waals surface area contributed by atoms with E-state index in [1.165, 1.54) is 0 Å². The average molecular weight is 336 g/mol. The number of ether oxygens (including phenoxy) is 1. The van der Waals surface area contributed by atoms with Crippen LogP contribution in [0, 0.1) is 0 Å². The zero-order valence-corrected chi connectivity index (χ0v) is 13.5. The number of nitrogens with two attached hydrogens (primary N) is 2. The van der Waals surface area contributed by atoms with Gasteiger partial charge >= 0.3 is 6.09 Å². The number of amides is 3. The fraction of sp³-hybridized carbons (Fsp3) is 0.438. The van der Waals surface area contributed by atoms with Gasteiger partial charge in [-0.3, -0.25) is 9.59 Å². The minimum absolute atomic E-state index is 0.108. The SMILES string of the molecule is NCCCC[C@H](NC(=O)CNC(=O)OCc1ccccc1)C(N)=O. The van der Waals surface area contributed by atoms with Gasteiger partial charge in [-0.2, -0.15) is 0 Å². The summed E-state index contributed by atoms with van der Waals surface area (Å²) in [5.74, 6) is -1.13. The van der Waals surface area contributed by atoms with Gasteiger partial charge in [-0.1, -0.05) is 30.3 Å². The van der Waals surface area contributed by atoms with Gasteiger partial charge < -0.3 is 26.8 Å². The third kappa shape index (κ3) is 8.14. The molecule has 8 nitrogen and oxygen atoms in total. The number of rotatable bonds is 10. The molecule has 0 spiro atoms. The minimum atomic E-state index is -0.772. The molecule has 0 saturated heterocycles. The van der Waals surface area contributed by atoms with E-state index in [-0.39, 0.29) is 13.2 Å². The highest BCUT2D eigenvalue weighted by Gasteiger charge is 2.17. The topological polar surface area (TPSA) is 137 Å². The predicted molar refractivity (Wildman–Crippen MR) is 88.7 cm³/mol. The normalized spacial score (nSPS) is 11.4. The smallest absolute Gasteiger partial charge is 0.407 e. The van der Waals surface area contributed by atoms with E-state index in [9.17, 15) is 14.4 Å². The lowest BCUT2D eigenvalue weighted by molar-refractivity contribution is -0.127. The van der Waals surface area contributed by atoms with Crippen molar-refractivity contribution in [3.05, 3.63) is 35.9 Å². The number of carbonyl (C=O) groups is 3. The second-order valence-electron chi connectivity index (χ2n) is 5.22. The fourth-order valence-electron chi connectivity index (χ4n) is 1.95. The number of carbonyl (C=O) groups excluding carboxylic acids is 3. The molecule has 3 amide bonds. The van der Waals surface area contributed by atoms with E-state index in [0.29, 0.717) is 19.4 Å². The molecule has 1 rings (SSSR count). The molecule has 1 atom stereocenters. The Kier molecular flexibility index (Phi) is 8.91. The average Bonchev–Trinajstić information content (AvgIpc) is 2.58. The van der Waals surface area contributed by atoms with Crippen LogP contribution >= 0.6 is 0 Å². The molecule has 0 saturated carbocycles. The third-order valence-electron chi connectivity index (χ3n) is 3.23. The molecule has 0 fully saturated rings. The summed E-state index contributed by atoms with van der Waals surface area (Å²) in [6.07, 6.45) is 1.12. The van der Waals surface area contributed by atoms with Gasteiger partial charge in [0.1, 0.15) is 19.2 Å². The quantitative estimate of drug-likeness (QED) is 0.446. The Balaban J connectivity index is 2.27. The summed E-state index contributed by atoms with van der Waals surface area (Å²) in [5, 5.41) is 4.80. The Hall–Kier alpha value is -2.61. The summed E-state index contributed by atoms with van der Waals surface area (Å²) in [7, 11) is 0. The number of nitrogens with one attached hydrogen (secondary N) is 2. The summed E-state index contributed by atoms with van der Waals surface area (Å²) >= 11 is 0. The van der Waals surface area contributed by atoms with Crippen molar-refractivity contribution in [1.82, 2.24) is 10.6 Å². The van der Waals surface area contributed by atoms with Crippen LogP contribution in [-0.4, -0.2) is 37.0 Å². The van der Waals surface area contributed by atoms with Crippen LogP contribution in [0.2, 0.25) is 0 Å². The molecule has 1 aromatic rings. The molecule has 0 aliphatic heterocycles. The Labute approximate surface area is 140 Å². The van der Waals surface area contributed by atoms with Crippen LogP contribution in [0.3, 0.4) is 0 Å². The monoisotopic (exact) mass is 336 g/mol. The van der Waals surface area contributed by atoms with Crippen molar-refractivity contribution in [3.63, 3.8) is 0 Å². The summed E-state index contributed by atoms with van der Waals surface area (Å²) in [6, 6.07) is 8.39. The molecule has 6 N–H and O–H groups in total. The first kappa shape index (κ1) is 19.4. The first-order valence-electron chi connectivity index (χ1n) is 7.76. The van der Waals surface area contributed by atoms with Crippen molar-refractivity contribution in [2.75, 3.05) is 13.1 Å². The molecule has 0 unspecified atom stereocenters. The Morgan fingerprint density at radius 3 is 2.46 bits per heavy atom. The largest absolute Gasteiger partial charge is 0.445 e. The van der Waals surface area contributed by atoms with Gasteiger partial charge in [0.05, 0.1) is 0 Å². The number of unbranched alkanes of at least 4 members (excludes halogenated alkanes) is 1. The molecule has 0 aliphatic carbocycles. The maximum atomic E-state index is 11.8. The molecule has 0 heterocycles. The van der Waals surface area contributed by atoms with Gasteiger partial charge in [0, 0.05) is 0 Å². The van der Waals surface area contributed by atoms with Crippen LogP contribution in [0.25, 0.3) is 0 Å². The van der Waals surface area contributed by atoms with Crippen molar-refractivity contribution in [2.24, 2.45) is 11.5 Å². The summed E-state index contributed by atoms with van der Waals surface area (Å²) < 4.78 is 4.97. The van der Waals surface area contributed by atoms with Gasteiger partial charge in [-0.25, -0.2) is 4.79 Å². The second kappa shape index (κ2) is 11.0. The van der Waals surface area contributed by atoms with Gasteiger partial charge in [0.2, 0.25) is 11.8 Å². The van der Waals surface area contributed by atoms with Gasteiger partial charge in [-0.05, 0) is 31.4 Å². The molecule has 1 aromatic carbocycles. The Morgan fingerprint density at radius 1 is 1.12 bits per heavy atom. The van der Waals surface area contributed by atoms with Crippen LogP contribution in [0.5, 0.6) is 0 Å². The molecule has 132 valence electrons. The van der Waals surface area contributed by atoms with E-state index in [1.54, 1.807) is 0 Å². The van der Waals surface area contributed by atoms with Crippen LogP contribution in [0.15, 0.2) is 30.3 Å². The van der Waals surface area contributed by atoms with Gasteiger partial charge in [0.25, 0.3) is 0 Å². The highest BCUT2D eigenvalue weighted by Crippen LogP contribution is 2.01. The van der Waals surface area contributed by atoms with Crippen molar-refractivity contribution in [2.45, 2.75) is 31.9 Å². The zero-order valence-electron chi connectivity index (χ0n) is 13.5. The highest BCUT2D eigenvalue weighted by molar-refractivity contribution is 5.88. The molecular weight excluding hydrogens is 312 g/mol. The van der Waals surface area contributed by atoms with E-state index in [4.69, 9.17) is 16.2 Å². The summed E-state index contributed by atoms with van der Waals surface area (Å²) in [4.78, 5) is 34.6. The number of benzene rings is 1. The minimum Gasteiger partial charge on any atom is -0.445 e. The van der Waals surface area contributed by atoms with Gasteiger partial charge in [-0.15, -0.1) is 0 Å². The summed E-state index contributed by atoms with van der Waals surface area (Å²) in [6.45, 7) is 0.319. The maximum Gasteiger partial charge on any atom is 0.407 e. The molecule has 0 radical (unpaired) electrons. The van der Waals surface area contributed by atoms with E-state index < -0.39 is 23.9 Å². The van der Waals surface area contributed by atoms with Crippen LogP contribution in [-0.2, 0) is 20.9 Å². The third-order valence-corrected chi connectivity index (χ3v) is 3.23. The maximum absolute atomic E-state index is 11.8. The standard InChI is InChI=1S/C16H24N4O4/c17-9-5-4-8-13(15(18)22)20-14(21)10-19-16(23)24-11-12-6-2-1-3-7-12/h1-3,6-7,13H,4-5,8-11,17H2,(H2,18,22)(H,19,23)(H,20,21)/t13-/m0/s1. The number of hydrogen-bond donors (Lipinski definition) is 4. The first-order chi connectivity index (χ1) is 11.5. The first-order valence-corrected chi connectivity index (χ1v) is 7.76. The lowest BCUT2D eigenvalue weighted by Gasteiger charge is -2.15. The molecular formula is C16H24N4O4. The van der Waals surface area contributed by atoms with Gasteiger partial charge in [0.15, 0.2) is 0 Å².